The molecule has 0 saturated carbocycles. The van der Waals surface area contributed by atoms with Crippen LogP contribution >= 0.6 is 12.2 Å². The molecule has 2 N–H and O–H groups in total. The lowest BCUT2D eigenvalue weighted by molar-refractivity contribution is 0.0307. The second kappa shape index (κ2) is 8.19. The minimum absolute atomic E-state index is 0.188. The lowest BCUT2D eigenvalue weighted by Gasteiger charge is -2.08. The van der Waals surface area contributed by atoms with Crippen LogP contribution in [0.25, 0.3) is 0 Å². The smallest absolute Gasteiger partial charge is 0.129 e. The van der Waals surface area contributed by atoms with Crippen LogP contribution in [0.15, 0.2) is 18.2 Å². The molecular formula is C14H20FNO2S. The molecule has 0 heterocycles. The Hall–Kier alpha value is -1.04. The van der Waals surface area contributed by atoms with Crippen LogP contribution in [0.4, 0.5) is 4.39 Å². The van der Waals surface area contributed by atoms with Gasteiger partial charge in [-0.05, 0) is 12.0 Å². The van der Waals surface area contributed by atoms with Gasteiger partial charge in [0.1, 0.15) is 10.8 Å². The first-order chi connectivity index (χ1) is 9.00. The minimum Gasteiger partial charge on any atom is -0.389 e. The predicted octanol–water partition coefficient (Wildman–Crippen LogP) is 2.65. The van der Waals surface area contributed by atoms with Gasteiger partial charge >= 0.3 is 0 Å². The zero-order chi connectivity index (χ0) is 14.3. The molecule has 0 fully saturated rings. The van der Waals surface area contributed by atoms with Crippen molar-refractivity contribution >= 4 is 17.2 Å². The summed E-state index contributed by atoms with van der Waals surface area (Å²) < 4.78 is 24.4. The van der Waals surface area contributed by atoms with Crippen LogP contribution < -0.4 is 5.73 Å². The van der Waals surface area contributed by atoms with Gasteiger partial charge in [-0.15, -0.1) is 0 Å². The summed E-state index contributed by atoms with van der Waals surface area (Å²) in [5.41, 5.74) is 6.44. The lowest BCUT2D eigenvalue weighted by Crippen LogP contribution is -2.11. The molecule has 106 valence electrons. The van der Waals surface area contributed by atoms with Gasteiger partial charge < -0.3 is 15.2 Å². The molecule has 0 saturated heterocycles. The average molecular weight is 285 g/mol. The van der Waals surface area contributed by atoms with Gasteiger partial charge in [-0.2, -0.15) is 0 Å². The molecule has 0 aliphatic heterocycles. The van der Waals surface area contributed by atoms with Crippen molar-refractivity contribution in [2.75, 3.05) is 19.8 Å². The zero-order valence-electron chi connectivity index (χ0n) is 11.3. The maximum atomic E-state index is 13.7. The summed E-state index contributed by atoms with van der Waals surface area (Å²) in [7, 11) is 0. The first kappa shape index (κ1) is 16.0. The topological polar surface area (TPSA) is 44.5 Å². The van der Waals surface area contributed by atoms with E-state index in [1.165, 1.54) is 6.07 Å². The Labute approximate surface area is 118 Å². The maximum Gasteiger partial charge on any atom is 0.129 e. The Morgan fingerprint density at radius 2 is 2.00 bits per heavy atom. The zero-order valence-corrected chi connectivity index (χ0v) is 12.1. The van der Waals surface area contributed by atoms with E-state index in [0.29, 0.717) is 36.9 Å². The fraction of sp³-hybridized carbons (Fsp3) is 0.500. The maximum absolute atomic E-state index is 13.7. The van der Waals surface area contributed by atoms with Crippen molar-refractivity contribution in [1.29, 1.82) is 0 Å². The quantitative estimate of drug-likeness (QED) is 0.589. The third-order valence-corrected chi connectivity index (χ3v) is 2.65. The van der Waals surface area contributed by atoms with Gasteiger partial charge in [0.2, 0.25) is 0 Å². The second-order valence-corrected chi connectivity index (χ2v) is 5.13. The average Bonchev–Trinajstić information content (AvgIpc) is 2.34. The molecule has 0 bridgehead atoms. The number of ether oxygens (including phenoxy) is 2. The number of thiocarbonyl (C=S) groups is 1. The van der Waals surface area contributed by atoms with Crippen LogP contribution in [0.2, 0.25) is 0 Å². The van der Waals surface area contributed by atoms with E-state index in [9.17, 15) is 4.39 Å². The van der Waals surface area contributed by atoms with E-state index < -0.39 is 0 Å². The van der Waals surface area contributed by atoms with E-state index >= 15 is 0 Å². The fourth-order valence-electron chi connectivity index (χ4n) is 1.44. The largest absolute Gasteiger partial charge is 0.389 e. The van der Waals surface area contributed by atoms with Crippen molar-refractivity contribution in [3.8, 4) is 0 Å². The molecule has 3 nitrogen and oxygen atoms in total. The highest BCUT2D eigenvalue weighted by molar-refractivity contribution is 7.80. The molecule has 0 amide bonds. The molecule has 0 spiro atoms. The molecule has 1 rings (SSSR count). The van der Waals surface area contributed by atoms with Gasteiger partial charge in [0.25, 0.3) is 0 Å². The third kappa shape index (κ3) is 6.09. The van der Waals surface area contributed by atoms with E-state index in [1.54, 1.807) is 12.1 Å². The molecule has 0 unspecified atom stereocenters. The minimum atomic E-state index is -0.353. The normalized spacial score (nSPS) is 10.9. The molecule has 1 aromatic rings. The van der Waals surface area contributed by atoms with Crippen molar-refractivity contribution in [3.63, 3.8) is 0 Å². The molecule has 0 atom stereocenters. The SMILES string of the molecule is CC(C)COCCOCc1ccc(C(N)=S)cc1F. The number of halogens is 1. The van der Waals surface area contributed by atoms with Crippen LogP contribution in [0.1, 0.15) is 25.0 Å². The summed E-state index contributed by atoms with van der Waals surface area (Å²) in [4.78, 5) is 0.188. The van der Waals surface area contributed by atoms with E-state index in [1.807, 2.05) is 0 Å². The third-order valence-electron chi connectivity index (χ3n) is 2.42. The molecule has 5 heteroatoms. The Balaban J connectivity index is 2.32. The number of benzene rings is 1. The standard InChI is InChI=1S/C14H20FNO2S/c1-10(2)8-17-5-6-18-9-12-4-3-11(14(16)19)7-13(12)15/h3-4,7,10H,5-6,8-9H2,1-2H3,(H2,16,19). The van der Waals surface area contributed by atoms with E-state index in [4.69, 9.17) is 27.4 Å². The van der Waals surface area contributed by atoms with E-state index in [-0.39, 0.29) is 17.4 Å². The number of rotatable bonds is 8. The second-order valence-electron chi connectivity index (χ2n) is 4.69. The number of hydrogen-bond donors (Lipinski definition) is 1. The molecule has 0 aliphatic carbocycles. The first-order valence-corrected chi connectivity index (χ1v) is 6.65. The van der Waals surface area contributed by atoms with Crippen molar-refractivity contribution in [3.05, 3.63) is 35.1 Å². The Bertz CT molecular complexity index is 424. The Morgan fingerprint density at radius 3 is 2.58 bits per heavy atom. The summed E-state index contributed by atoms with van der Waals surface area (Å²) in [5, 5.41) is 0. The van der Waals surface area contributed by atoms with Gasteiger partial charge in [-0.3, -0.25) is 0 Å². The van der Waals surface area contributed by atoms with Crippen LogP contribution in [-0.2, 0) is 16.1 Å². The first-order valence-electron chi connectivity index (χ1n) is 6.24. The van der Waals surface area contributed by atoms with Crippen LogP contribution in [0.5, 0.6) is 0 Å². The van der Waals surface area contributed by atoms with Gasteiger partial charge in [-0.1, -0.05) is 38.2 Å². The molecule has 0 aliphatic rings. The van der Waals surface area contributed by atoms with Crippen molar-refractivity contribution in [1.82, 2.24) is 0 Å². The van der Waals surface area contributed by atoms with Gasteiger partial charge in [-0.25, -0.2) is 4.39 Å². The number of nitrogens with two attached hydrogens (primary N) is 1. The number of hydrogen-bond acceptors (Lipinski definition) is 3. The summed E-state index contributed by atoms with van der Waals surface area (Å²) in [6.45, 7) is 6.06. The van der Waals surface area contributed by atoms with E-state index in [0.717, 1.165) is 0 Å². The highest BCUT2D eigenvalue weighted by atomic mass is 32.1. The molecular weight excluding hydrogens is 265 g/mol. The summed E-state index contributed by atoms with van der Waals surface area (Å²) in [6, 6.07) is 4.66. The Kier molecular flexibility index (Phi) is 6.91. The van der Waals surface area contributed by atoms with Crippen molar-refractivity contribution in [2.45, 2.75) is 20.5 Å². The fourth-order valence-corrected chi connectivity index (χ4v) is 1.56. The molecule has 1 aromatic carbocycles. The summed E-state index contributed by atoms with van der Waals surface area (Å²) >= 11 is 4.78. The highest BCUT2D eigenvalue weighted by Crippen LogP contribution is 2.11. The van der Waals surface area contributed by atoms with E-state index in [2.05, 4.69) is 13.8 Å². The Morgan fingerprint density at radius 1 is 1.32 bits per heavy atom. The van der Waals surface area contributed by atoms with Gasteiger partial charge in [0.15, 0.2) is 0 Å². The van der Waals surface area contributed by atoms with Gasteiger partial charge in [0, 0.05) is 17.7 Å². The van der Waals surface area contributed by atoms with Crippen LogP contribution in [0.3, 0.4) is 0 Å². The highest BCUT2D eigenvalue weighted by Gasteiger charge is 2.05. The molecule has 0 aromatic heterocycles. The molecule has 0 radical (unpaired) electrons. The predicted molar refractivity (Wildman–Crippen MR) is 77.6 cm³/mol. The summed E-state index contributed by atoms with van der Waals surface area (Å²) in [5.74, 6) is 0.151. The van der Waals surface area contributed by atoms with Crippen molar-refractivity contribution in [2.24, 2.45) is 11.7 Å². The lowest BCUT2D eigenvalue weighted by atomic mass is 10.1. The summed E-state index contributed by atoms with van der Waals surface area (Å²) in [6.07, 6.45) is 0. The molecule has 19 heavy (non-hydrogen) atoms. The van der Waals surface area contributed by atoms with Crippen molar-refractivity contribution < 1.29 is 13.9 Å². The monoisotopic (exact) mass is 285 g/mol. The van der Waals surface area contributed by atoms with Crippen LogP contribution in [0, 0.1) is 11.7 Å². The van der Waals surface area contributed by atoms with Gasteiger partial charge in [0.05, 0.1) is 19.8 Å². The van der Waals surface area contributed by atoms with Crippen LogP contribution in [-0.4, -0.2) is 24.8 Å².